The number of hydrogen-bond acceptors (Lipinski definition) is 7. The van der Waals surface area contributed by atoms with Gasteiger partial charge in [-0.05, 0) is 36.2 Å². The maximum atomic E-state index is 6.41. The molecule has 0 aliphatic carbocycles. The van der Waals surface area contributed by atoms with Crippen molar-refractivity contribution < 1.29 is 4.42 Å². The molecule has 0 saturated carbocycles. The third kappa shape index (κ3) is 4.19. The smallest absolute Gasteiger partial charge is 0.162 e. The van der Waals surface area contributed by atoms with Crippen LogP contribution in [0.2, 0.25) is 0 Å². The van der Waals surface area contributed by atoms with Crippen LogP contribution in [0.3, 0.4) is 0 Å². The Kier molecular flexibility index (Phi) is 5.55. The zero-order valence-electron chi connectivity index (χ0n) is 17.3. The van der Waals surface area contributed by atoms with Crippen molar-refractivity contribution in [3.63, 3.8) is 0 Å². The summed E-state index contributed by atoms with van der Waals surface area (Å²) in [6, 6.07) is 17.7. The maximum absolute atomic E-state index is 6.41. The number of benzene rings is 1. The van der Waals surface area contributed by atoms with E-state index < -0.39 is 0 Å². The van der Waals surface area contributed by atoms with Crippen molar-refractivity contribution in [3.8, 4) is 22.6 Å². The molecule has 158 valence electrons. The molecule has 0 aliphatic rings. The first-order valence-corrected chi connectivity index (χ1v) is 10.4. The zero-order chi connectivity index (χ0) is 21.8. The molecule has 3 N–H and O–H groups in total. The number of anilines is 1. The van der Waals surface area contributed by atoms with Crippen LogP contribution in [0.1, 0.15) is 5.56 Å². The molecule has 0 amide bonds. The Morgan fingerprint density at radius 2 is 1.75 bits per heavy atom. The molecule has 1 atom stereocenters. The Balaban J connectivity index is 1.52. The number of fused-ring (bicyclic) bond motifs is 1. The average Bonchev–Trinajstić information content (AvgIpc) is 3.38. The molecule has 5 rings (SSSR count). The summed E-state index contributed by atoms with van der Waals surface area (Å²) in [6.45, 7) is 0.570. The van der Waals surface area contributed by atoms with E-state index in [1.807, 2.05) is 42.5 Å². The van der Waals surface area contributed by atoms with Crippen molar-refractivity contribution in [2.75, 3.05) is 11.9 Å². The summed E-state index contributed by atoms with van der Waals surface area (Å²) in [7, 11) is 0. The van der Waals surface area contributed by atoms with Crippen LogP contribution in [-0.4, -0.2) is 32.5 Å². The van der Waals surface area contributed by atoms with E-state index in [2.05, 4.69) is 27.4 Å². The first-order valence-electron chi connectivity index (χ1n) is 10.4. The van der Waals surface area contributed by atoms with Crippen molar-refractivity contribution in [2.45, 2.75) is 12.5 Å². The summed E-state index contributed by atoms with van der Waals surface area (Å²) >= 11 is 0. The van der Waals surface area contributed by atoms with Crippen LogP contribution in [0.15, 0.2) is 90.1 Å². The molecule has 0 radical (unpaired) electrons. The van der Waals surface area contributed by atoms with Crippen molar-refractivity contribution in [2.24, 2.45) is 5.73 Å². The lowest BCUT2D eigenvalue weighted by Crippen LogP contribution is -2.31. The standard InChI is InChI=1S/C25H22N6O/c26-20(14-17-4-2-1-3-5-17)15-29-25-21-8-12-28-22(19-9-13-32-16-19)23(21)30-24(31-25)18-6-10-27-11-7-18/h1-13,16,20H,14-15,26H2,(H,29,30,31). The van der Waals surface area contributed by atoms with Crippen LogP contribution in [0.5, 0.6) is 0 Å². The second-order valence-electron chi connectivity index (χ2n) is 7.53. The Hall–Kier alpha value is -4.10. The summed E-state index contributed by atoms with van der Waals surface area (Å²) < 4.78 is 5.27. The van der Waals surface area contributed by atoms with E-state index in [1.54, 1.807) is 31.1 Å². The van der Waals surface area contributed by atoms with E-state index in [0.29, 0.717) is 12.4 Å². The Labute approximate surface area is 185 Å². The summed E-state index contributed by atoms with van der Waals surface area (Å²) in [5.74, 6) is 1.31. The maximum Gasteiger partial charge on any atom is 0.162 e. The van der Waals surface area contributed by atoms with Crippen molar-refractivity contribution in [1.82, 2.24) is 19.9 Å². The van der Waals surface area contributed by atoms with Crippen molar-refractivity contribution >= 4 is 16.7 Å². The molecule has 0 bridgehead atoms. The van der Waals surface area contributed by atoms with Gasteiger partial charge in [0.15, 0.2) is 5.82 Å². The van der Waals surface area contributed by atoms with Gasteiger partial charge in [-0.1, -0.05) is 30.3 Å². The Morgan fingerprint density at radius 1 is 0.906 bits per heavy atom. The molecule has 32 heavy (non-hydrogen) atoms. The van der Waals surface area contributed by atoms with Crippen LogP contribution >= 0.6 is 0 Å². The van der Waals surface area contributed by atoms with Crippen LogP contribution in [0.4, 0.5) is 5.82 Å². The third-order valence-corrected chi connectivity index (χ3v) is 5.22. The van der Waals surface area contributed by atoms with Gasteiger partial charge in [-0.15, -0.1) is 0 Å². The van der Waals surface area contributed by atoms with Crippen molar-refractivity contribution in [3.05, 3.63) is 91.3 Å². The van der Waals surface area contributed by atoms with Gasteiger partial charge in [-0.3, -0.25) is 9.97 Å². The van der Waals surface area contributed by atoms with Gasteiger partial charge in [0.2, 0.25) is 0 Å². The molecule has 4 heterocycles. The zero-order valence-corrected chi connectivity index (χ0v) is 17.3. The number of pyridine rings is 2. The molecule has 5 aromatic rings. The molecule has 0 fully saturated rings. The average molecular weight is 422 g/mol. The molecule has 1 unspecified atom stereocenters. The van der Waals surface area contributed by atoms with E-state index in [1.165, 1.54) is 5.56 Å². The number of rotatable bonds is 7. The first-order chi connectivity index (χ1) is 15.8. The van der Waals surface area contributed by atoms with Gasteiger partial charge < -0.3 is 15.5 Å². The van der Waals surface area contributed by atoms with Crippen LogP contribution < -0.4 is 11.1 Å². The predicted octanol–water partition coefficient (Wildman–Crippen LogP) is 4.33. The summed E-state index contributed by atoms with van der Waals surface area (Å²) in [4.78, 5) is 18.3. The van der Waals surface area contributed by atoms with Gasteiger partial charge in [-0.25, -0.2) is 9.97 Å². The van der Waals surface area contributed by atoms with Gasteiger partial charge in [0.25, 0.3) is 0 Å². The minimum Gasteiger partial charge on any atom is -0.472 e. The molecule has 0 saturated heterocycles. The third-order valence-electron chi connectivity index (χ3n) is 5.22. The fourth-order valence-corrected chi connectivity index (χ4v) is 3.65. The van der Waals surface area contributed by atoms with E-state index in [-0.39, 0.29) is 6.04 Å². The second-order valence-corrected chi connectivity index (χ2v) is 7.53. The van der Waals surface area contributed by atoms with E-state index in [9.17, 15) is 0 Å². The quantitative estimate of drug-likeness (QED) is 0.402. The largest absolute Gasteiger partial charge is 0.472 e. The fourth-order valence-electron chi connectivity index (χ4n) is 3.65. The lowest BCUT2D eigenvalue weighted by Gasteiger charge is -2.16. The summed E-state index contributed by atoms with van der Waals surface area (Å²) in [5.41, 5.74) is 10.8. The van der Waals surface area contributed by atoms with Crippen LogP contribution in [0, 0.1) is 0 Å². The fraction of sp³-hybridized carbons (Fsp3) is 0.120. The van der Waals surface area contributed by atoms with Gasteiger partial charge in [0, 0.05) is 47.7 Å². The molecule has 0 spiro atoms. The second kappa shape index (κ2) is 8.95. The van der Waals surface area contributed by atoms with E-state index in [4.69, 9.17) is 20.1 Å². The van der Waals surface area contributed by atoms with Crippen LogP contribution in [-0.2, 0) is 6.42 Å². The highest BCUT2D eigenvalue weighted by Gasteiger charge is 2.16. The van der Waals surface area contributed by atoms with Gasteiger partial charge in [0.1, 0.15) is 11.3 Å². The molecular weight excluding hydrogens is 400 g/mol. The highest BCUT2D eigenvalue weighted by molar-refractivity contribution is 5.98. The Morgan fingerprint density at radius 3 is 2.53 bits per heavy atom. The molecule has 4 aromatic heterocycles. The van der Waals surface area contributed by atoms with E-state index >= 15 is 0 Å². The molecule has 0 aliphatic heterocycles. The number of nitrogens with one attached hydrogen (secondary N) is 1. The first kappa shape index (κ1) is 19.8. The number of nitrogens with two attached hydrogens (primary N) is 1. The lowest BCUT2D eigenvalue weighted by atomic mass is 10.1. The lowest BCUT2D eigenvalue weighted by molar-refractivity contribution is 0.568. The number of nitrogens with zero attached hydrogens (tertiary/aromatic N) is 4. The molecule has 7 nitrogen and oxygen atoms in total. The molecular formula is C25H22N6O. The van der Waals surface area contributed by atoms with Gasteiger partial charge in [-0.2, -0.15) is 0 Å². The predicted molar refractivity (Wildman–Crippen MR) is 125 cm³/mol. The number of furan rings is 1. The topological polar surface area (TPSA) is 103 Å². The number of hydrogen-bond donors (Lipinski definition) is 2. The van der Waals surface area contributed by atoms with Crippen molar-refractivity contribution in [1.29, 1.82) is 0 Å². The van der Waals surface area contributed by atoms with E-state index in [0.717, 1.165) is 40.0 Å². The minimum atomic E-state index is -0.0676. The highest BCUT2D eigenvalue weighted by atomic mass is 16.3. The SMILES string of the molecule is NC(CNc1nc(-c2ccncc2)nc2c(-c3ccoc3)nccc12)Cc1ccccc1. The normalized spacial score (nSPS) is 12.0. The molecule has 1 aromatic carbocycles. The van der Waals surface area contributed by atoms with Gasteiger partial charge >= 0.3 is 0 Å². The summed E-state index contributed by atoms with van der Waals surface area (Å²) in [6.07, 6.45) is 9.28. The highest BCUT2D eigenvalue weighted by Crippen LogP contribution is 2.31. The Bertz CT molecular complexity index is 1310. The van der Waals surface area contributed by atoms with Crippen LogP contribution in [0.25, 0.3) is 33.5 Å². The summed E-state index contributed by atoms with van der Waals surface area (Å²) in [5, 5.41) is 4.32. The monoisotopic (exact) mass is 422 g/mol. The minimum absolute atomic E-state index is 0.0676. The van der Waals surface area contributed by atoms with Gasteiger partial charge in [0.05, 0.1) is 18.2 Å². The molecule has 7 heteroatoms. The number of aromatic nitrogens is 4.